The molecule has 2 aromatic heterocycles. The summed E-state index contributed by atoms with van der Waals surface area (Å²) in [4.78, 5) is 18.1. The average Bonchev–Trinajstić information content (AvgIpc) is 3.05. The van der Waals surface area contributed by atoms with E-state index < -0.39 is 0 Å². The van der Waals surface area contributed by atoms with Gasteiger partial charge < -0.3 is 5.32 Å². The Bertz CT molecular complexity index is 1190. The number of rotatable bonds is 4. The summed E-state index contributed by atoms with van der Waals surface area (Å²) in [5.74, 6) is -0.174. The van der Waals surface area contributed by atoms with Crippen molar-refractivity contribution in [2.75, 3.05) is 5.32 Å². The van der Waals surface area contributed by atoms with Gasteiger partial charge in [0, 0.05) is 22.3 Å². The number of carbonyl (C=O) groups excluding carboxylic acids is 1. The van der Waals surface area contributed by atoms with E-state index in [2.05, 4.69) is 26.3 Å². The van der Waals surface area contributed by atoms with Crippen LogP contribution in [0.1, 0.15) is 28.5 Å². The van der Waals surface area contributed by atoms with Gasteiger partial charge in [-0.2, -0.15) is 5.10 Å². The van der Waals surface area contributed by atoms with Gasteiger partial charge in [-0.15, -0.1) is 0 Å². The summed E-state index contributed by atoms with van der Waals surface area (Å²) in [6, 6.07) is 17.5. The van der Waals surface area contributed by atoms with Crippen molar-refractivity contribution in [3.63, 3.8) is 0 Å². The topological polar surface area (TPSA) is 59.8 Å². The maximum Gasteiger partial charge on any atom is 0.256 e. The number of aromatic nitrogens is 3. The van der Waals surface area contributed by atoms with Crippen LogP contribution >= 0.6 is 15.9 Å². The zero-order chi connectivity index (χ0) is 20.5. The summed E-state index contributed by atoms with van der Waals surface area (Å²) in [6.07, 6.45) is 0. The first-order valence-electron chi connectivity index (χ1n) is 9.48. The Morgan fingerprint density at radius 3 is 2.41 bits per heavy atom. The zero-order valence-corrected chi connectivity index (χ0v) is 18.1. The lowest BCUT2D eigenvalue weighted by atomic mass is 10.0. The van der Waals surface area contributed by atoms with Crippen molar-refractivity contribution < 1.29 is 4.79 Å². The summed E-state index contributed by atoms with van der Waals surface area (Å²) in [6.45, 7) is 6.67. The molecular formula is C23H21BrN4O. The highest BCUT2D eigenvalue weighted by atomic mass is 79.9. The maximum atomic E-state index is 13.2. The predicted molar refractivity (Wildman–Crippen MR) is 120 cm³/mol. The standard InChI is InChI=1S/C23H21BrN4O/c1-4-28-22-21(15(3)27-28)19(23(29)25-18-11-9-17(24)10-12-18)13-20(26-22)16-7-5-14(2)6-8-16/h5-13H,4H2,1-3H3,(H,25,29). The highest BCUT2D eigenvalue weighted by Crippen LogP contribution is 2.28. The number of halogens is 1. The average molecular weight is 449 g/mol. The molecule has 0 bridgehead atoms. The monoisotopic (exact) mass is 448 g/mol. The molecule has 146 valence electrons. The van der Waals surface area contributed by atoms with Crippen LogP contribution in [0.3, 0.4) is 0 Å². The van der Waals surface area contributed by atoms with Crippen molar-refractivity contribution in [1.29, 1.82) is 0 Å². The number of benzene rings is 2. The van der Waals surface area contributed by atoms with E-state index in [1.54, 1.807) is 0 Å². The van der Waals surface area contributed by atoms with Crippen LogP contribution in [0.25, 0.3) is 22.3 Å². The minimum atomic E-state index is -0.174. The molecule has 5 nitrogen and oxygen atoms in total. The molecule has 6 heteroatoms. The molecule has 0 radical (unpaired) electrons. The van der Waals surface area contributed by atoms with Gasteiger partial charge in [0.15, 0.2) is 5.65 Å². The third kappa shape index (κ3) is 3.80. The minimum absolute atomic E-state index is 0.174. The Morgan fingerprint density at radius 2 is 1.76 bits per heavy atom. The van der Waals surface area contributed by atoms with E-state index in [1.165, 1.54) is 5.56 Å². The Morgan fingerprint density at radius 1 is 1.07 bits per heavy atom. The number of carbonyl (C=O) groups is 1. The largest absolute Gasteiger partial charge is 0.322 e. The lowest BCUT2D eigenvalue weighted by Gasteiger charge is -2.10. The lowest BCUT2D eigenvalue weighted by Crippen LogP contribution is -2.13. The van der Waals surface area contributed by atoms with Crippen molar-refractivity contribution in [1.82, 2.24) is 14.8 Å². The van der Waals surface area contributed by atoms with Crippen LogP contribution in [0.15, 0.2) is 59.1 Å². The molecule has 0 aliphatic rings. The summed E-state index contributed by atoms with van der Waals surface area (Å²) in [7, 11) is 0. The van der Waals surface area contributed by atoms with E-state index >= 15 is 0 Å². The Kier molecular flexibility index (Phi) is 5.20. The van der Waals surface area contributed by atoms with Crippen LogP contribution in [-0.2, 0) is 6.54 Å². The summed E-state index contributed by atoms with van der Waals surface area (Å²) >= 11 is 3.42. The van der Waals surface area contributed by atoms with E-state index in [-0.39, 0.29) is 5.91 Å². The smallest absolute Gasteiger partial charge is 0.256 e. The van der Waals surface area contributed by atoms with Crippen LogP contribution in [0, 0.1) is 13.8 Å². The van der Waals surface area contributed by atoms with Crippen molar-refractivity contribution in [3.8, 4) is 11.3 Å². The van der Waals surface area contributed by atoms with Crippen molar-refractivity contribution in [2.24, 2.45) is 0 Å². The van der Waals surface area contributed by atoms with Crippen molar-refractivity contribution >= 4 is 38.6 Å². The number of amides is 1. The normalized spacial score (nSPS) is 11.0. The molecule has 1 N–H and O–H groups in total. The summed E-state index contributed by atoms with van der Waals surface area (Å²) in [5, 5.41) is 8.37. The second-order valence-corrected chi connectivity index (χ2v) is 7.90. The van der Waals surface area contributed by atoms with Crippen molar-refractivity contribution in [2.45, 2.75) is 27.3 Å². The van der Waals surface area contributed by atoms with Gasteiger partial charge in [0.25, 0.3) is 5.91 Å². The van der Waals surface area contributed by atoms with Gasteiger partial charge in [-0.3, -0.25) is 4.79 Å². The second kappa shape index (κ2) is 7.79. The summed E-state index contributed by atoms with van der Waals surface area (Å²) < 4.78 is 2.81. The third-order valence-electron chi connectivity index (χ3n) is 4.87. The molecule has 29 heavy (non-hydrogen) atoms. The predicted octanol–water partition coefficient (Wildman–Crippen LogP) is 5.75. The van der Waals surface area contributed by atoms with E-state index in [1.807, 2.05) is 80.1 Å². The Hall–Kier alpha value is -2.99. The molecule has 0 spiro atoms. The number of fused-ring (bicyclic) bond motifs is 1. The molecule has 0 unspecified atom stereocenters. The van der Waals surface area contributed by atoms with Gasteiger partial charge in [-0.1, -0.05) is 45.8 Å². The quantitative estimate of drug-likeness (QED) is 0.432. The molecule has 0 saturated heterocycles. The first-order valence-corrected chi connectivity index (χ1v) is 10.3. The number of pyridine rings is 1. The fraction of sp³-hybridized carbons (Fsp3) is 0.174. The van der Waals surface area contributed by atoms with Gasteiger partial charge in [-0.25, -0.2) is 9.67 Å². The van der Waals surface area contributed by atoms with Crippen LogP contribution in [0.5, 0.6) is 0 Å². The zero-order valence-electron chi connectivity index (χ0n) is 16.5. The molecular weight excluding hydrogens is 428 g/mol. The first-order chi connectivity index (χ1) is 14.0. The minimum Gasteiger partial charge on any atom is -0.322 e. The van der Waals surface area contributed by atoms with Gasteiger partial charge in [-0.05, 0) is 51.1 Å². The number of nitrogens with one attached hydrogen (secondary N) is 1. The fourth-order valence-electron chi connectivity index (χ4n) is 3.36. The third-order valence-corrected chi connectivity index (χ3v) is 5.40. The van der Waals surface area contributed by atoms with Gasteiger partial charge >= 0.3 is 0 Å². The highest BCUT2D eigenvalue weighted by molar-refractivity contribution is 9.10. The second-order valence-electron chi connectivity index (χ2n) is 6.98. The van der Waals surface area contributed by atoms with E-state index in [4.69, 9.17) is 4.98 Å². The molecule has 0 aliphatic heterocycles. The van der Waals surface area contributed by atoms with Gasteiger partial charge in [0.1, 0.15) is 0 Å². The number of anilines is 1. The van der Waals surface area contributed by atoms with Gasteiger partial charge in [0.05, 0.1) is 22.3 Å². The molecule has 2 heterocycles. The molecule has 0 saturated carbocycles. The summed E-state index contributed by atoms with van der Waals surface area (Å²) in [5.41, 5.74) is 5.74. The van der Waals surface area contributed by atoms with E-state index in [0.717, 1.165) is 38.1 Å². The number of nitrogens with zero attached hydrogens (tertiary/aromatic N) is 3. The van der Waals surface area contributed by atoms with Crippen molar-refractivity contribution in [3.05, 3.63) is 75.9 Å². The highest BCUT2D eigenvalue weighted by Gasteiger charge is 2.20. The molecule has 4 rings (SSSR count). The molecule has 0 aliphatic carbocycles. The molecule has 1 amide bonds. The van der Waals surface area contributed by atoms with E-state index in [9.17, 15) is 4.79 Å². The Labute approximate surface area is 177 Å². The maximum absolute atomic E-state index is 13.2. The molecule has 0 atom stereocenters. The van der Waals surface area contributed by atoms with Gasteiger partial charge in [0.2, 0.25) is 0 Å². The van der Waals surface area contributed by atoms with E-state index in [0.29, 0.717) is 12.1 Å². The molecule has 0 fully saturated rings. The molecule has 2 aromatic carbocycles. The number of hydrogen-bond donors (Lipinski definition) is 1. The Balaban J connectivity index is 1.86. The van der Waals surface area contributed by atoms with Crippen LogP contribution in [0.4, 0.5) is 5.69 Å². The molecule has 4 aromatic rings. The SMILES string of the molecule is CCn1nc(C)c2c(C(=O)Nc3ccc(Br)cc3)cc(-c3ccc(C)cc3)nc21. The van der Waals surface area contributed by atoms with Crippen LogP contribution < -0.4 is 5.32 Å². The first kappa shape index (κ1) is 19.3. The van der Waals surface area contributed by atoms with Crippen LogP contribution in [-0.4, -0.2) is 20.7 Å². The lowest BCUT2D eigenvalue weighted by molar-refractivity contribution is 0.102. The number of hydrogen-bond acceptors (Lipinski definition) is 3. The fourth-order valence-corrected chi connectivity index (χ4v) is 3.62. The number of aryl methyl sites for hydroxylation is 3. The van der Waals surface area contributed by atoms with Crippen LogP contribution in [0.2, 0.25) is 0 Å².